The molecule has 2 rings (SSSR count). The zero-order valence-corrected chi connectivity index (χ0v) is 22.2. The standard InChI is InChI=1S/C16H15N3O.C9H16N2O.C2H4.CH3F/c1-3-12(2)9-15-16(20)7-8-19(18-15)14-6-4-5-13(10-14)11-17;1-5-8(2)9(10-3)11-6-7-12-4;2*1-2/h3-8,10H,9H2,1-2H3;5-6,8H,1,7H2,2-4H3;1-2H2;1H3/b12-3+;;;. The first kappa shape index (κ1) is 34.2. The lowest BCUT2D eigenvalue weighted by Crippen LogP contribution is -2.16. The maximum absolute atomic E-state index is 11.8. The number of rotatable bonds is 7. The van der Waals surface area contributed by atoms with Crippen LogP contribution in [-0.2, 0) is 11.2 Å². The molecule has 0 saturated heterocycles. The van der Waals surface area contributed by atoms with Crippen molar-refractivity contribution in [1.29, 1.82) is 5.26 Å². The highest BCUT2D eigenvalue weighted by Crippen LogP contribution is 2.09. The molecule has 0 bridgehead atoms. The Morgan fingerprint density at radius 1 is 1.33 bits per heavy atom. The number of nitriles is 1. The van der Waals surface area contributed by atoms with Gasteiger partial charge in [0.05, 0.1) is 31.1 Å². The first-order chi connectivity index (χ1) is 17.4. The summed E-state index contributed by atoms with van der Waals surface area (Å²) in [5.74, 6) is 0.977. The highest BCUT2D eigenvalue weighted by Gasteiger charge is 2.05. The fraction of sp³-hybridized carbons (Fsp3) is 0.321. The Balaban J connectivity index is 0. The Bertz CT molecular complexity index is 1100. The average Bonchev–Trinajstić information content (AvgIpc) is 2.94. The number of methoxy groups -OCH3 is 1. The van der Waals surface area contributed by atoms with E-state index in [1.165, 1.54) is 6.07 Å². The summed E-state index contributed by atoms with van der Waals surface area (Å²) in [6, 6.07) is 10.7. The molecule has 1 atom stereocenters. The Morgan fingerprint density at radius 2 is 2.00 bits per heavy atom. The normalized spacial score (nSPS) is 11.5. The third-order valence-electron chi connectivity index (χ3n) is 4.51. The van der Waals surface area contributed by atoms with Crippen LogP contribution < -0.4 is 5.43 Å². The van der Waals surface area contributed by atoms with Crippen molar-refractivity contribution < 1.29 is 9.13 Å². The maximum atomic E-state index is 11.8. The summed E-state index contributed by atoms with van der Waals surface area (Å²) in [7, 11) is 3.85. The fourth-order valence-electron chi connectivity index (χ4n) is 2.49. The lowest BCUT2D eigenvalue weighted by molar-refractivity contribution is 0.248. The van der Waals surface area contributed by atoms with E-state index in [4.69, 9.17) is 10.00 Å². The van der Waals surface area contributed by atoms with E-state index >= 15 is 0 Å². The molecule has 0 aliphatic rings. The molecule has 1 unspecified atom stereocenters. The number of amidine groups is 1. The summed E-state index contributed by atoms with van der Waals surface area (Å²) in [6.07, 6.45) is 7.63. The third kappa shape index (κ3) is 13.1. The lowest BCUT2D eigenvalue weighted by Gasteiger charge is -2.07. The highest BCUT2D eigenvalue weighted by molar-refractivity contribution is 5.92. The van der Waals surface area contributed by atoms with Gasteiger partial charge in [0.15, 0.2) is 0 Å². The first-order valence-electron chi connectivity index (χ1n) is 11.1. The van der Waals surface area contributed by atoms with E-state index < -0.39 is 0 Å². The van der Waals surface area contributed by atoms with E-state index in [1.54, 1.807) is 49.4 Å². The van der Waals surface area contributed by atoms with Gasteiger partial charge in [0.1, 0.15) is 11.5 Å². The van der Waals surface area contributed by atoms with Crippen molar-refractivity contribution in [2.24, 2.45) is 15.9 Å². The molecule has 0 saturated carbocycles. The van der Waals surface area contributed by atoms with E-state index in [0.717, 1.165) is 17.1 Å². The summed E-state index contributed by atoms with van der Waals surface area (Å²) < 4.78 is 15.9. The van der Waals surface area contributed by atoms with Gasteiger partial charge in [-0.05, 0) is 32.0 Å². The Morgan fingerprint density at radius 3 is 2.53 bits per heavy atom. The van der Waals surface area contributed by atoms with Gasteiger partial charge in [-0.1, -0.05) is 30.7 Å². The number of aliphatic imine (C=N–C) groups is 2. The van der Waals surface area contributed by atoms with Crippen molar-refractivity contribution in [3.05, 3.63) is 95.5 Å². The molecule has 1 aromatic carbocycles. The zero-order valence-electron chi connectivity index (χ0n) is 22.2. The van der Waals surface area contributed by atoms with Gasteiger partial charge in [-0.2, -0.15) is 10.4 Å². The molecular formula is C28H38FN5O2. The summed E-state index contributed by atoms with van der Waals surface area (Å²) in [5.41, 5.74) is 2.86. The second-order valence-corrected chi connectivity index (χ2v) is 6.92. The average molecular weight is 496 g/mol. The van der Waals surface area contributed by atoms with Crippen LogP contribution in [0.4, 0.5) is 4.39 Å². The molecule has 0 aliphatic heterocycles. The second-order valence-electron chi connectivity index (χ2n) is 6.92. The molecule has 0 amide bonds. The molecule has 0 fully saturated rings. The minimum atomic E-state index is -0.0705. The topological polar surface area (TPSA) is 92.6 Å². The van der Waals surface area contributed by atoms with Crippen molar-refractivity contribution in [2.45, 2.75) is 27.2 Å². The summed E-state index contributed by atoms with van der Waals surface area (Å²) in [6.45, 7) is 16.1. The van der Waals surface area contributed by atoms with E-state index in [1.807, 2.05) is 39.0 Å². The monoisotopic (exact) mass is 495 g/mol. The minimum absolute atomic E-state index is 0.0705. The summed E-state index contributed by atoms with van der Waals surface area (Å²) in [4.78, 5) is 20.0. The minimum Gasteiger partial charge on any atom is -0.379 e. The molecular weight excluding hydrogens is 457 g/mol. The molecule has 194 valence electrons. The van der Waals surface area contributed by atoms with Crippen LogP contribution in [0, 0.1) is 17.2 Å². The highest BCUT2D eigenvalue weighted by atomic mass is 19.1. The second kappa shape index (κ2) is 21.6. The third-order valence-corrected chi connectivity index (χ3v) is 4.51. The van der Waals surface area contributed by atoms with Gasteiger partial charge < -0.3 is 4.74 Å². The predicted octanol–water partition coefficient (Wildman–Crippen LogP) is 5.55. The Kier molecular flexibility index (Phi) is 20.5. The number of alkyl halides is 1. The van der Waals surface area contributed by atoms with E-state index in [0.29, 0.717) is 31.5 Å². The summed E-state index contributed by atoms with van der Waals surface area (Å²) in [5, 5.41) is 13.3. The van der Waals surface area contributed by atoms with Crippen LogP contribution in [0.3, 0.4) is 0 Å². The SMILES string of the molecule is C/C=C(\C)Cc1nn(-c2cccc(C#N)c2)ccc1=O.C=C.C=CC(C)C(N=CCOC)=NC.CF. The molecule has 0 radical (unpaired) electrons. The number of nitrogens with zero attached hydrogens (tertiary/aromatic N) is 5. The molecule has 0 spiro atoms. The van der Waals surface area contributed by atoms with Crippen molar-refractivity contribution >= 4 is 12.1 Å². The van der Waals surface area contributed by atoms with Crippen LogP contribution in [0.5, 0.6) is 0 Å². The van der Waals surface area contributed by atoms with Crippen molar-refractivity contribution in [2.75, 3.05) is 27.9 Å². The van der Waals surface area contributed by atoms with E-state index in [2.05, 4.69) is 40.9 Å². The number of halogens is 1. The molecule has 1 heterocycles. The van der Waals surface area contributed by atoms with Crippen molar-refractivity contribution in [3.8, 4) is 11.8 Å². The molecule has 0 N–H and O–H groups in total. The molecule has 8 heteroatoms. The Hall–Kier alpha value is -3.96. The van der Waals surface area contributed by atoms with Crippen molar-refractivity contribution in [1.82, 2.24) is 9.78 Å². The van der Waals surface area contributed by atoms with Crippen LogP contribution >= 0.6 is 0 Å². The molecule has 0 aliphatic carbocycles. The van der Waals surface area contributed by atoms with Gasteiger partial charge in [-0.15, -0.1) is 19.7 Å². The predicted molar refractivity (Wildman–Crippen MR) is 149 cm³/mol. The van der Waals surface area contributed by atoms with Gasteiger partial charge in [0.25, 0.3) is 0 Å². The van der Waals surface area contributed by atoms with E-state index in [9.17, 15) is 9.18 Å². The van der Waals surface area contributed by atoms with Crippen LogP contribution in [0.1, 0.15) is 32.0 Å². The molecule has 1 aromatic heterocycles. The van der Waals surface area contributed by atoms with Crippen LogP contribution in [0.15, 0.2) is 88.8 Å². The number of benzene rings is 1. The quantitative estimate of drug-likeness (QED) is 0.286. The number of hydrogen-bond donors (Lipinski definition) is 0. The van der Waals surface area contributed by atoms with Gasteiger partial charge in [0, 0.05) is 45.0 Å². The van der Waals surface area contributed by atoms with E-state index in [-0.39, 0.29) is 11.3 Å². The van der Waals surface area contributed by atoms with Gasteiger partial charge in [0.2, 0.25) is 5.43 Å². The van der Waals surface area contributed by atoms with Gasteiger partial charge in [-0.25, -0.2) is 9.67 Å². The summed E-state index contributed by atoms with van der Waals surface area (Å²) >= 11 is 0. The number of ether oxygens (including phenoxy) is 1. The molecule has 7 nitrogen and oxygen atoms in total. The lowest BCUT2D eigenvalue weighted by atomic mass is 10.1. The molecule has 2 aromatic rings. The maximum Gasteiger partial charge on any atom is 0.203 e. The molecule has 36 heavy (non-hydrogen) atoms. The smallest absolute Gasteiger partial charge is 0.203 e. The largest absolute Gasteiger partial charge is 0.379 e. The number of aromatic nitrogens is 2. The van der Waals surface area contributed by atoms with Crippen LogP contribution in [0.25, 0.3) is 5.69 Å². The number of allylic oxidation sites excluding steroid dienone is 2. The Labute approximate surface area is 214 Å². The zero-order chi connectivity index (χ0) is 27.9. The van der Waals surface area contributed by atoms with Crippen LogP contribution in [-0.4, -0.2) is 49.8 Å². The van der Waals surface area contributed by atoms with Gasteiger partial charge in [-0.3, -0.25) is 14.2 Å². The number of hydrogen-bond acceptors (Lipinski definition) is 5. The van der Waals surface area contributed by atoms with Crippen LogP contribution in [0.2, 0.25) is 0 Å². The fourth-order valence-corrected chi connectivity index (χ4v) is 2.49. The van der Waals surface area contributed by atoms with Gasteiger partial charge >= 0.3 is 0 Å². The first-order valence-corrected chi connectivity index (χ1v) is 11.1. The van der Waals surface area contributed by atoms with Crippen molar-refractivity contribution in [3.63, 3.8) is 0 Å².